The van der Waals surface area contributed by atoms with E-state index in [1.54, 1.807) is 67.8 Å². The summed E-state index contributed by atoms with van der Waals surface area (Å²) >= 11 is 5.93. The molecule has 0 spiro atoms. The van der Waals surface area contributed by atoms with Crippen molar-refractivity contribution in [1.29, 1.82) is 0 Å². The van der Waals surface area contributed by atoms with Gasteiger partial charge >= 0.3 is 0 Å². The molecule has 0 atom stereocenters. The minimum Gasteiger partial charge on any atom is -0.497 e. The van der Waals surface area contributed by atoms with Crippen LogP contribution in [0.15, 0.2) is 60.7 Å². The number of halogens is 1. The summed E-state index contributed by atoms with van der Waals surface area (Å²) in [7, 11) is 1.55. The van der Waals surface area contributed by atoms with Crippen molar-refractivity contribution in [3.8, 4) is 5.75 Å². The van der Waals surface area contributed by atoms with E-state index in [2.05, 4.69) is 15.6 Å². The van der Waals surface area contributed by atoms with Gasteiger partial charge < -0.3 is 15.4 Å². The molecule has 0 aliphatic rings. The highest BCUT2D eigenvalue weighted by molar-refractivity contribution is 6.30. The molecule has 142 valence electrons. The fourth-order valence-electron chi connectivity index (χ4n) is 2.54. The van der Waals surface area contributed by atoms with Crippen LogP contribution in [0.2, 0.25) is 5.02 Å². The monoisotopic (exact) mass is 395 g/mol. The highest BCUT2D eigenvalue weighted by atomic mass is 35.5. The Hall–Kier alpha value is -3.38. The van der Waals surface area contributed by atoms with E-state index in [0.717, 1.165) is 5.56 Å². The van der Waals surface area contributed by atoms with E-state index in [1.165, 1.54) is 0 Å². The number of pyridine rings is 1. The van der Waals surface area contributed by atoms with Crippen molar-refractivity contribution in [2.24, 2.45) is 0 Å². The van der Waals surface area contributed by atoms with Gasteiger partial charge in [0.2, 0.25) is 0 Å². The van der Waals surface area contributed by atoms with Crippen LogP contribution in [0.4, 0.5) is 11.4 Å². The SMILES string of the molecule is COc1cccc(NC(=O)c2cccc(C(=O)Nc3ccc(Cl)cc3C)n2)c1. The van der Waals surface area contributed by atoms with Crippen LogP contribution in [0.25, 0.3) is 0 Å². The molecule has 7 heteroatoms. The molecule has 0 aliphatic carbocycles. The number of nitrogens with one attached hydrogen (secondary N) is 2. The fraction of sp³-hybridized carbons (Fsp3) is 0.0952. The molecule has 28 heavy (non-hydrogen) atoms. The number of hydrogen-bond donors (Lipinski definition) is 2. The quantitative estimate of drug-likeness (QED) is 0.663. The number of amides is 2. The zero-order valence-corrected chi connectivity index (χ0v) is 16.1. The van der Waals surface area contributed by atoms with Crippen LogP contribution in [0, 0.1) is 6.92 Å². The fourth-order valence-corrected chi connectivity index (χ4v) is 2.76. The zero-order chi connectivity index (χ0) is 20.1. The van der Waals surface area contributed by atoms with Crippen molar-refractivity contribution < 1.29 is 14.3 Å². The molecule has 0 saturated carbocycles. The van der Waals surface area contributed by atoms with Crippen molar-refractivity contribution >= 4 is 34.8 Å². The van der Waals surface area contributed by atoms with Crippen LogP contribution in [-0.2, 0) is 0 Å². The maximum atomic E-state index is 12.5. The normalized spacial score (nSPS) is 10.2. The third-order valence-electron chi connectivity index (χ3n) is 3.98. The number of benzene rings is 2. The number of nitrogens with zero attached hydrogens (tertiary/aromatic N) is 1. The molecule has 0 saturated heterocycles. The van der Waals surface area contributed by atoms with Crippen molar-refractivity contribution in [1.82, 2.24) is 4.98 Å². The van der Waals surface area contributed by atoms with E-state index < -0.39 is 11.8 Å². The average molecular weight is 396 g/mol. The van der Waals surface area contributed by atoms with Crippen LogP contribution >= 0.6 is 11.6 Å². The Labute approximate surface area is 167 Å². The Balaban J connectivity index is 1.75. The minimum atomic E-state index is -0.425. The predicted octanol–water partition coefficient (Wildman–Crippen LogP) is 4.56. The van der Waals surface area contributed by atoms with Gasteiger partial charge in [-0.3, -0.25) is 9.59 Å². The summed E-state index contributed by atoms with van der Waals surface area (Å²) < 4.78 is 5.14. The number of hydrogen-bond acceptors (Lipinski definition) is 4. The Bertz CT molecular complexity index is 1040. The first-order valence-corrected chi connectivity index (χ1v) is 8.84. The molecule has 2 amide bonds. The molecule has 0 bridgehead atoms. The molecule has 1 aromatic heterocycles. The summed E-state index contributed by atoms with van der Waals surface area (Å²) in [5.41, 5.74) is 2.28. The summed E-state index contributed by atoms with van der Waals surface area (Å²) in [5, 5.41) is 6.10. The second-order valence-electron chi connectivity index (χ2n) is 6.01. The number of carbonyl (C=O) groups excluding carboxylic acids is 2. The van der Waals surface area contributed by atoms with Gasteiger partial charge in [-0.05, 0) is 55.0 Å². The van der Waals surface area contributed by atoms with E-state index in [4.69, 9.17) is 16.3 Å². The largest absolute Gasteiger partial charge is 0.497 e. The second-order valence-corrected chi connectivity index (χ2v) is 6.44. The molecule has 3 aromatic rings. The lowest BCUT2D eigenvalue weighted by atomic mass is 10.2. The lowest BCUT2D eigenvalue weighted by molar-refractivity contribution is 0.101. The smallest absolute Gasteiger partial charge is 0.274 e. The molecule has 6 nitrogen and oxygen atoms in total. The highest BCUT2D eigenvalue weighted by Crippen LogP contribution is 2.20. The summed E-state index contributed by atoms with van der Waals surface area (Å²) in [5.74, 6) is -0.218. The molecule has 3 rings (SSSR count). The minimum absolute atomic E-state index is 0.128. The van der Waals surface area contributed by atoms with Gasteiger partial charge in [-0.2, -0.15) is 0 Å². The molecule has 0 fully saturated rings. The lowest BCUT2D eigenvalue weighted by Crippen LogP contribution is -2.18. The highest BCUT2D eigenvalue weighted by Gasteiger charge is 2.14. The van der Waals surface area contributed by atoms with E-state index in [0.29, 0.717) is 22.1 Å². The summed E-state index contributed by atoms with van der Waals surface area (Å²) in [6.07, 6.45) is 0. The Morgan fingerprint density at radius 1 is 0.929 bits per heavy atom. The number of ether oxygens (including phenoxy) is 1. The third kappa shape index (κ3) is 4.66. The van der Waals surface area contributed by atoms with Gasteiger partial charge in [0.25, 0.3) is 11.8 Å². The van der Waals surface area contributed by atoms with Crippen LogP contribution in [-0.4, -0.2) is 23.9 Å². The maximum Gasteiger partial charge on any atom is 0.274 e. The van der Waals surface area contributed by atoms with Gasteiger partial charge in [0.15, 0.2) is 0 Å². The van der Waals surface area contributed by atoms with E-state index in [9.17, 15) is 9.59 Å². The van der Waals surface area contributed by atoms with Crippen molar-refractivity contribution in [2.45, 2.75) is 6.92 Å². The lowest BCUT2D eigenvalue weighted by Gasteiger charge is -2.10. The number of anilines is 2. The number of methoxy groups -OCH3 is 1. The number of aromatic nitrogens is 1. The van der Waals surface area contributed by atoms with Gasteiger partial charge in [-0.15, -0.1) is 0 Å². The number of rotatable bonds is 5. The first-order chi connectivity index (χ1) is 13.5. The van der Waals surface area contributed by atoms with E-state index >= 15 is 0 Å². The topological polar surface area (TPSA) is 80.3 Å². The van der Waals surface area contributed by atoms with E-state index in [-0.39, 0.29) is 11.4 Å². The number of aryl methyl sites for hydroxylation is 1. The van der Waals surface area contributed by atoms with Gasteiger partial charge in [0, 0.05) is 22.5 Å². The summed E-state index contributed by atoms with van der Waals surface area (Å²) in [4.78, 5) is 29.2. The van der Waals surface area contributed by atoms with Gasteiger partial charge in [0.05, 0.1) is 7.11 Å². The standard InChI is InChI=1S/C21H18ClN3O3/c1-13-11-14(22)9-10-17(13)25-21(27)19-8-4-7-18(24-19)20(26)23-15-5-3-6-16(12-15)28-2/h3-12H,1-2H3,(H,23,26)(H,25,27). The van der Waals surface area contributed by atoms with Gasteiger partial charge in [-0.25, -0.2) is 4.98 Å². The van der Waals surface area contributed by atoms with Crippen molar-refractivity contribution in [2.75, 3.05) is 17.7 Å². The Morgan fingerprint density at radius 2 is 1.61 bits per heavy atom. The molecule has 2 N–H and O–H groups in total. The maximum absolute atomic E-state index is 12.5. The molecular weight excluding hydrogens is 378 g/mol. The summed E-state index contributed by atoms with van der Waals surface area (Å²) in [6.45, 7) is 1.84. The molecule has 0 aliphatic heterocycles. The Morgan fingerprint density at radius 3 is 2.29 bits per heavy atom. The van der Waals surface area contributed by atoms with Crippen LogP contribution in [0.3, 0.4) is 0 Å². The first-order valence-electron chi connectivity index (χ1n) is 8.46. The van der Waals surface area contributed by atoms with Gasteiger partial charge in [0.1, 0.15) is 17.1 Å². The van der Waals surface area contributed by atoms with Crippen LogP contribution in [0.5, 0.6) is 5.75 Å². The Kier molecular flexibility index (Phi) is 5.91. The predicted molar refractivity (Wildman–Crippen MR) is 109 cm³/mol. The van der Waals surface area contributed by atoms with Crippen LogP contribution < -0.4 is 15.4 Å². The van der Waals surface area contributed by atoms with Crippen molar-refractivity contribution in [3.05, 3.63) is 82.6 Å². The molecule has 2 aromatic carbocycles. The second kappa shape index (κ2) is 8.54. The average Bonchev–Trinajstić information content (AvgIpc) is 2.70. The third-order valence-corrected chi connectivity index (χ3v) is 4.21. The van der Waals surface area contributed by atoms with Crippen LogP contribution in [0.1, 0.15) is 26.5 Å². The molecule has 1 heterocycles. The zero-order valence-electron chi connectivity index (χ0n) is 15.3. The van der Waals surface area contributed by atoms with Gasteiger partial charge in [-0.1, -0.05) is 23.7 Å². The summed E-state index contributed by atoms with van der Waals surface area (Å²) in [6, 6.07) is 16.8. The molecular formula is C21H18ClN3O3. The molecule has 0 radical (unpaired) electrons. The molecule has 0 unspecified atom stereocenters. The number of carbonyl (C=O) groups is 2. The first kappa shape index (κ1) is 19.4. The van der Waals surface area contributed by atoms with E-state index in [1.807, 2.05) is 6.92 Å². The van der Waals surface area contributed by atoms with Crippen molar-refractivity contribution in [3.63, 3.8) is 0 Å².